The first-order valence-electron chi connectivity index (χ1n) is 5.42. The highest BCUT2D eigenvalue weighted by Crippen LogP contribution is 2.28. The number of furan rings is 1. The van der Waals surface area contributed by atoms with Gasteiger partial charge in [-0.05, 0) is 31.2 Å². The van der Waals surface area contributed by atoms with Crippen molar-refractivity contribution in [1.29, 1.82) is 0 Å². The van der Waals surface area contributed by atoms with E-state index in [0.717, 1.165) is 11.6 Å². The van der Waals surface area contributed by atoms with Crippen LogP contribution in [-0.4, -0.2) is 19.9 Å². The summed E-state index contributed by atoms with van der Waals surface area (Å²) in [6, 6.07) is 6.24. The molecule has 0 aliphatic carbocycles. The lowest BCUT2D eigenvalue weighted by molar-refractivity contribution is 0.481. The summed E-state index contributed by atoms with van der Waals surface area (Å²) in [6.07, 6.45) is 1.16. The predicted molar refractivity (Wildman–Crippen MR) is 72.5 cm³/mol. The highest BCUT2D eigenvalue weighted by atomic mass is 35.5. The van der Waals surface area contributed by atoms with E-state index in [0.29, 0.717) is 16.4 Å². The number of nitrogens with two attached hydrogens (primary N) is 1. The Morgan fingerprint density at radius 3 is 2.61 bits per heavy atom. The Bertz CT molecular complexity index is 678. The van der Waals surface area contributed by atoms with Gasteiger partial charge in [-0.25, -0.2) is 8.42 Å². The summed E-state index contributed by atoms with van der Waals surface area (Å²) in [7, 11) is -3.21. The van der Waals surface area contributed by atoms with Crippen molar-refractivity contribution in [3.63, 3.8) is 0 Å². The van der Waals surface area contributed by atoms with Gasteiger partial charge in [-0.3, -0.25) is 0 Å². The summed E-state index contributed by atoms with van der Waals surface area (Å²) in [4.78, 5) is 0. The monoisotopic (exact) mass is 287 g/mol. The lowest BCUT2D eigenvalue weighted by Gasteiger charge is -2.15. The van der Waals surface area contributed by atoms with Crippen LogP contribution in [0.1, 0.15) is 18.7 Å². The van der Waals surface area contributed by atoms with E-state index >= 15 is 0 Å². The van der Waals surface area contributed by atoms with Crippen LogP contribution in [0.25, 0.3) is 11.0 Å². The molecule has 0 radical (unpaired) electrons. The molecule has 0 bridgehead atoms. The van der Waals surface area contributed by atoms with E-state index in [1.807, 2.05) is 0 Å². The molecule has 0 amide bonds. The first-order chi connectivity index (χ1) is 8.29. The fourth-order valence-electron chi connectivity index (χ4n) is 1.70. The smallest absolute Gasteiger partial charge is 0.152 e. The van der Waals surface area contributed by atoms with Crippen LogP contribution in [0.3, 0.4) is 0 Å². The molecule has 2 aromatic rings. The average molecular weight is 288 g/mol. The van der Waals surface area contributed by atoms with Gasteiger partial charge in [0.25, 0.3) is 0 Å². The van der Waals surface area contributed by atoms with Crippen molar-refractivity contribution < 1.29 is 12.8 Å². The second-order valence-corrected chi connectivity index (χ2v) is 7.23. The van der Waals surface area contributed by atoms with E-state index in [1.165, 1.54) is 0 Å². The van der Waals surface area contributed by atoms with Crippen LogP contribution in [0.5, 0.6) is 0 Å². The number of sulfone groups is 1. The summed E-state index contributed by atoms with van der Waals surface area (Å²) in [5.74, 6) is 0.449. The maximum Gasteiger partial charge on any atom is 0.152 e. The molecule has 0 saturated heterocycles. The second-order valence-electron chi connectivity index (χ2n) is 4.39. The maximum atomic E-state index is 11.5. The minimum atomic E-state index is -3.21. The molecule has 1 aromatic heterocycles. The fraction of sp³-hybridized carbons (Fsp3) is 0.333. The van der Waals surface area contributed by atoms with Gasteiger partial charge in [0, 0.05) is 16.7 Å². The van der Waals surface area contributed by atoms with Crippen LogP contribution in [0, 0.1) is 0 Å². The Morgan fingerprint density at radius 2 is 2.00 bits per heavy atom. The molecule has 18 heavy (non-hydrogen) atoms. The van der Waals surface area contributed by atoms with Crippen LogP contribution in [-0.2, 0) is 9.84 Å². The molecule has 6 heteroatoms. The number of benzene rings is 1. The first kappa shape index (κ1) is 13.4. The van der Waals surface area contributed by atoms with Gasteiger partial charge >= 0.3 is 0 Å². The van der Waals surface area contributed by atoms with Crippen molar-refractivity contribution >= 4 is 32.4 Å². The third-order valence-corrected chi connectivity index (χ3v) is 4.89. The van der Waals surface area contributed by atoms with Crippen LogP contribution >= 0.6 is 11.6 Å². The summed E-state index contributed by atoms with van der Waals surface area (Å²) in [6.45, 7) is 1.57. The van der Waals surface area contributed by atoms with Crippen LogP contribution in [0.2, 0.25) is 5.02 Å². The largest absolute Gasteiger partial charge is 0.459 e. The predicted octanol–water partition coefficient (Wildman–Crippen LogP) is 2.52. The molecule has 1 aromatic carbocycles. The number of fused-ring (bicyclic) bond motifs is 1. The number of hydrogen-bond donors (Lipinski definition) is 1. The number of halogens is 1. The fourth-order valence-corrected chi connectivity index (χ4v) is 2.54. The lowest BCUT2D eigenvalue weighted by Crippen LogP contribution is -2.30. The van der Waals surface area contributed by atoms with Gasteiger partial charge < -0.3 is 10.2 Å². The van der Waals surface area contributed by atoms with E-state index in [4.69, 9.17) is 21.8 Å². The van der Waals surface area contributed by atoms with Crippen LogP contribution in [0.4, 0.5) is 0 Å². The van der Waals surface area contributed by atoms with Crippen LogP contribution < -0.4 is 5.73 Å². The van der Waals surface area contributed by atoms with Crippen molar-refractivity contribution in [3.05, 3.63) is 35.0 Å². The third-order valence-electron chi connectivity index (χ3n) is 3.01. The van der Waals surface area contributed by atoms with Gasteiger partial charge in [-0.2, -0.15) is 0 Å². The minimum absolute atomic E-state index is 0.449. The molecule has 2 rings (SSSR count). The summed E-state index contributed by atoms with van der Waals surface area (Å²) < 4.78 is 28.5. The van der Waals surface area contributed by atoms with E-state index in [9.17, 15) is 8.42 Å². The van der Waals surface area contributed by atoms with E-state index in [-0.39, 0.29) is 0 Å². The van der Waals surface area contributed by atoms with Crippen molar-refractivity contribution in [1.82, 2.24) is 0 Å². The lowest BCUT2D eigenvalue weighted by atomic mass is 10.1. The average Bonchev–Trinajstić information content (AvgIpc) is 2.68. The molecule has 2 N–H and O–H groups in total. The SMILES string of the molecule is CC(C(N)c1cc2cc(Cl)ccc2o1)S(C)(=O)=O. The Hall–Kier alpha value is -1.04. The van der Waals surface area contributed by atoms with E-state index in [1.54, 1.807) is 31.2 Å². The molecular weight excluding hydrogens is 274 g/mol. The number of hydrogen-bond acceptors (Lipinski definition) is 4. The zero-order valence-electron chi connectivity index (χ0n) is 10.1. The van der Waals surface area contributed by atoms with Crippen molar-refractivity contribution in [2.24, 2.45) is 5.73 Å². The summed E-state index contributed by atoms with van der Waals surface area (Å²) in [5.41, 5.74) is 6.56. The minimum Gasteiger partial charge on any atom is -0.459 e. The summed E-state index contributed by atoms with van der Waals surface area (Å²) in [5, 5.41) is 0.710. The highest BCUT2D eigenvalue weighted by Gasteiger charge is 2.26. The summed E-state index contributed by atoms with van der Waals surface area (Å²) >= 11 is 5.87. The molecule has 1 heterocycles. The molecule has 2 unspecified atom stereocenters. The molecule has 4 nitrogen and oxygen atoms in total. The van der Waals surface area contributed by atoms with Gasteiger partial charge in [-0.1, -0.05) is 11.6 Å². The zero-order chi connectivity index (χ0) is 13.5. The molecule has 0 fully saturated rings. The Balaban J connectivity index is 2.42. The van der Waals surface area contributed by atoms with Crippen molar-refractivity contribution in [2.45, 2.75) is 18.2 Å². The molecule has 0 saturated carbocycles. The molecule has 2 atom stereocenters. The topological polar surface area (TPSA) is 73.3 Å². The standard InChI is InChI=1S/C12H14ClNO3S/c1-7(18(2,15)16)12(14)11-6-8-5-9(13)3-4-10(8)17-11/h3-7,12H,14H2,1-2H3. The molecule has 0 aliphatic heterocycles. The van der Waals surface area contributed by atoms with Crippen molar-refractivity contribution in [2.75, 3.05) is 6.26 Å². The van der Waals surface area contributed by atoms with Gasteiger partial charge in [0.1, 0.15) is 11.3 Å². The Labute approximate surface area is 111 Å². The normalized spacial score (nSPS) is 15.8. The van der Waals surface area contributed by atoms with E-state index < -0.39 is 21.1 Å². The zero-order valence-corrected chi connectivity index (χ0v) is 11.6. The maximum absolute atomic E-state index is 11.5. The van der Waals surface area contributed by atoms with Crippen molar-refractivity contribution in [3.8, 4) is 0 Å². The highest BCUT2D eigenvalue weighted by molar-refractivity contribution is 7.91. The van der Waals surface area contributed by atoms with Gasteiger partial charge in [0.05, 0.1) is 11.3 Å². The first-order valence-corrected chi connectivity index (χ1v) is 7.76. The second kappa shape index (κ2) is 4.57. The van der Waals surface area contributed by atoms with Gasteiger partial charge in [0.2, 0.25) is 0 Å². The molecular formula is C12H14ClNO3S. The molecule has 0 spiro atoms. The Kier molecular flexibility index (Phi) is 3.40. The third kappa shape index (κ3) is 2.53. The van der Waals surface area contributed by atoms with Crippen LogP contribution in [0.15, 0.2) is 28.7 Å². The quantitative estimate of drug-likeness (QED) is 0.941. The van der Waals surface area contributed by atoms with E-state index in [2.05, 4.69) is 0 Å². The molecule has 98 valence electrons. The van der Waals surface area contributed by atoms with Gasteiger partial charge in [0.15, 0.2) is 9.84 Å². The Morgan fingerprint density at radius 1 is 1.33 bits per heavy atom. The number of rotatable bonds is 3. The molecule has 0 aliphatic rings. The van der Waals surface area contributed by atoms with Gasteiger partial charge in [-0.15, -0.1) is 0 Å².